The number of benzene rings is 1. The van der Waals surface area contributed by atoms with Crippen molar-refractivity contribution in [2.45, 2.75) is 44.2 Å². The van der Waals surface area contributed by atoms with Crippen LogP contribution in [0.4, 0.5) is 10.5 Å². The third-order valence-electron chi connectivity index (χ3n) is 6.46. The number of carbonyl (C=O) groups excluding carboxylic acids is 3. The van der Waals surface area contributed by atoms with Crippen molar-refractivity contribution in [1.29, 1.82) is 0 Å². The fourth-order valence-electron chi connectivity index (χ4n) is 4.44. The molecule has 35 heavy (non-hydrogen) atoms. The fourth-order valence-corrected chi connectivity index (χ4v) is 4.61. The predicted molar refractivity (Wildman–Crippen MR) is 134 cm³/mol. The van der Waals surface area contributed by atoms with E-state index in [1.54, 1.807) is 14.1 Å². The number of nitrogen functional groups attached to an aromatic ring is 1. The number of ether oxygens (including phenoxy) is 2. The Morgan fingerprint density at radius 2 is 1.91 bits per heavy atom. The number of anilines is 1. The van der Waals surface area contributed by atoms with E-state index in [1.807, 2.05) is 4.90 Å². The van der Waals surface area contributed by atoms with Crippen molar-refractivity contribution in [1.82, 2.24) is 20.0 Å². The van der Waals surface area contributed by atoms with Gasteiger partial charge in [-0.25, -0.2) is 4.79 Å². The van der Waals surface area contributed by atoms with Gasteiger partial charge in [-0.05, 0) is 38.3 Å². The Hall–Kier alpha value is -2.72. The topological polar surface area (TPSA) is 117 Å². The molecule has 0 spiro atoms. The van der Waals surface area contributed by atoms with Crippen molar-refractivity contribution in [2.24, 2.45) is 0 Å². The van der Waals surface area contributed by atoms with E-state index in [9.17, 15) is 14.4 Å². The number of nitrogens with two attached hydrogens (primary N) is 1. The lowest BCUT2D eigenvalue weighted by molar-refractivity contribution is -0.130. The van der Waals surface area contributed by atoms with Crippen LogP contribution in [-0.4, -0.2) is 98.7 Å². The van der Waals surface area contributed by atoms with Crippen LogP contribution in [-0.2, 0) is 9.53 Å². The van der Waals surface area contributed by atoms with Crippen LogP contribution < -0.4 is 15.8 Å². The number of hydrogen-bond acceptors (Lipinski definition) is 7. The molecule has 2 aliphatic rings. The van der Waals surface area contributed by atoms with Crippen LogP contribution in [0.3, 0.4) is 0 Å². The Labute approximate surface area is 211 Å². The first kappa shape index (κ1) is 26.9. The molecule has 194 valence electrons. The molecule has 0 radical (unpaired) electrons. The van der Waals surface area contributed by atoms with Crippen LogP contribution in [0.1, 0.15) is 42.5 Å². The monoisotopic (exact) mass is 509 g/mol. The van der Waals surface area contributed by atoms with Gasteiger partial charge in [-0.1, -0.05) is 11.6 Å². The molecule has 3 N–H and O–H groups in total. The first-order chi connectivity index (χ1) is 16.7. The molecule has 1 aromatic carbocycles. The zero-order valence-corrected chi connectivity index (χ0v) is 21.5. The number of nitrogens with one attached hydrogen (secondary N) is 1. The third kappa shape index (κ3) is 7.14. The third-order valence-corrected chi connectivity index (χ3v) is 6.79. The van der Waals surface area contributed by atoms with Gasteiger partial charge in [0, 0.05) is 52.8 Å². The molecule has 2 atom stereocenters. The number of halogens is 1. The Morgan fingerprint density at radius 1 is 1.20 bits per heavy atom. The van der Waals surface area contributed by atoms with E-state index >= 15 is 0 Å². The van der Waals surface area contributed by atoms with Crippen molar-refractivity contribution in [3.63, 3.8) is 0 Å². The van der Waals surface area contributed by atoms with Gasteiger partial charge in [0.2, 0.25) is 5.91 Å². The summed E-state index contributed by atoms with van der Waals surface area (Å²) >= 11 is 6.12. The van der Waals surface area contributed by atoms with Crippen LogP contribution in [0.25, 0.3) is 0 Å². The maximum atomic E-state index is 13.1. The normalized spacial score (nSPS) is 20.4. The summed E-state index contributed by atoms with van der Waals surface area (Å²) in [6.07, 6.45) is 2.97. The maximum Gasteiger partial charge on any atom is 0.409 e. The van der Waals surface area contributed by atoms with Crippen LogP contribution in [0.2, 0.25) is 5.02 Å². The summed E-state index contributed by atoms with van der Waals surface area (Å²) in [7, 11) is 4.68. The lowest BCUT2D eigenvalue weighted by Crippen LogP contribution is -2.56. The molecular formula is C24H36ClN5O5. The lowest BCUT2D eigenvalue weighted by atomic mass is 10.00. The molecular weight excluding hydrogens is 474 g/mol. The molecule has 0 aliphatic carbocycles. The standard InChI is InChI=1S/C24H36ClN5O5/c1-28(2)24(33)35-21-15-29(9-6-7-22(31)30-10-4-5-11-30)12-8-19(21)27-23(32)16-13-17(25)18(26)14-20(16)34-3/h13-14,19,21H,4-12,15,26H2,1-3H3,(H,27,32). The van der Waals surface area contributed by atoms with Gasteiger partial charge in [0.1, 0.15) is 11.9 Å². The average Bonchev–Trinajstić information content (AvgIpc) is 3.37. The summed E-state index contributed by atoms with van der Waals surface area (Å²) in [4.78, 5) is 43.2. The van der Waals surface area contributed by atoms with Crippen LogP contribution >= 0.6 is 11.6 Å². The second-order valence-electron chi connectivity index (χ2n) is 9.25. The highest BCUT2D eigenvalue weighted by atomic mass is 35.5. The van der Waals surface area contributed by atoms with Crippen molar-refractivity contribution in [2.75, 3.05) is 59.7 Å². The quantitative estimate of drug-likeness (QED) is 0.516. The largest absolute Gasteiger partial charge is 0.496 e. The number of nitrogens with zero attached hydrogens (tertiary/aromatic N) is 3. The average molecular weight is 510 g/mol. The second kappa shape index (κ2) is 12.3. The molecule has 0 aromatic heterocycles. The highest BCUT2D eigenvalue weighted by molar-refractivity contribution is 6.33. The molecule has 10 nitrogen and oxygen atoms in total. The van der Waals surface area contributed by atoms with Gasteiger partial charge in [0.25, 0.3) is 5.91 Å². The molecule has 2 unspecified atom stereocenters. The van der Waals surface area contributed by atoms with Crippen molar-refractivity contribution >= 4 is 35.2 Å². The second-order valence-corrected chi connectivity index (χ2v) is 9.66. The van der Waals surface area contributed by atoms with Crippen molar-refractivity contribution in [3.05, 3.63) is 22.7 Å². The van der Waals surface area contributed by atoms with E-state index in [4.69, 9.17) is 26.8 Å². The number of rotatable bonds is 8. The van der Waals surface area contributed by atoms with E-state index in [2.05, 4.69) is 10.2 Å². The summed E-state index contributed by atoms with van der Waals surface area (Å²) in [5.74, 6) is 0.131. The summed E-state index contributed by atoms with van der Waals surface area (Å²) in [6.45, 7) is 3.60. The Kier molecular flexibility index (Phi) is 9.45. The number of methoxy groups -OCH3 is 1. The van der Waals surface area contributed by atoms with Gasteiger partial charge in [-0.15, -0.1) is 0 Å². The minimum absolute atomic E-state index is 0.205. The zero-order chi connectivity index (χ0) is 25.5. The van der Waals surface area contributed by atoms with Crippen LogP contribution in [0.5, 0.6) is 5.75 Å². The van der Waals surface area contributed by atoms with Crippen LogP contribution in [0, 0.1) is 0 Å². The van der Waals surface area contributed by atoms with Gasteiger partial charge in [-0.2, -0.15) is 0 Å². The van der Waals surface area contributed by atoms with E-state index in [0.717, 1.165) is 38.9 Å². The van der Waals surface area contributed by atoms with Crippen LogP contribution in [0.15, 0.2) is 12.1 Å². The number of carbonyl (C=O) groups is 3. The van der Waals surface area contributed by atoms with Crippen molar-refractivity contribution in [3.8, 4) is 5.75 Å². The Morgan fingerprint density at radius 3 is 2.57 bits per heavy atom. The van der Waals surface area contributed by atoms with E-state index < -0.39 is 18.2 Å². The molecule has 3 amide bonds. The van der Waals surface area contributed by atoms with Crippen molar-refractivity contribution < 1.29 is 23.9 Å². The molecule has 2 heterocycles. The number of piperidine rings is 1. The van der Waals surface area contributed by atoms with Gasteiger partial charge in [-0.3, -0.25) is 14.5 Å². The van der Waals surface area contributed by atoms with Gasteiger partial charge < -0.3 is 30.3 Å². The highest BCUT2D eigenvalue weighted by Gasteiger charge is 2.34. The summed E-state index contributed by atoms with van der Waals surface area (Å²) < 4.78 is 11.0. The molecule has 2 fully saturated rings. The Bertz CT molecular complexity index is 922. The molecule has 2 aliphatic heterocycles. The highest BCUT2D eigenvalue weighted by Crippen LogP contribution is 2.29. The van der Waals surface area contributed by atoms with E-state index in [1.165, 1.54) is 24.1 Å². The molecule has 0 bridgehead atoms. The lowest BCUT2D eigenvalue weighted by Gasteiger charge is -2.38. The summed E-state index contributed by atoms with van der Waals surface area (Å²) in [5.41, 5.74) is 6.40. The first-order valence-corrected chi connectivity index (χ1v) is 12.4. The fraction of sp³-hybridized carbons (Fsp3) is 0.625. The van der Waals surface area contributed by atoms with E-state index in [-0.39, 0.29) is 22.4 Å². The predicted octanol–water partition coefficient (Wildman–Crippen LogP) is 2.20. The minimum atomic E-state index is -0.549. The van der Waals surface area contributed by atoms with E-state index in [0.29, 0.717) is 37.4 Å². The summed E-state index contributed by atoms with van der Waals surface area (Å²) in [6, 6.07) is 2.58. The minimum Gasteiger partial charge on any atom is -0.496 e. The molecule has 3 rings (SSSR count). The molecule has 2 saturated heterocycles. The molecule has 11 heteroatoms. The zero-order valence-electron chi connectivity index (χ0n) is 20.7. The first-order valence-electron chi connectivity index (χ1n) is 12.0. The molecule has 1 aromatic rings. The number of likely N-dealkylation sites (tertiary alicyclic amines) is 2. The van der Waals surface area contributed by atoms with Gasteiger partial charge >= 0.3 is 6.09 Å². The van der Waals surface area contributed by atoms with Gasteiger partial charge in [0.05, 0.1) is 29.4 Å². The summed E-state index contributed by atoms with van der Waals surface area (Å²) in [5, 5.41) is 3.24. The number of hydrogen-bond donors (Lipinski definition) is 2. The SMILES string of the molecule is COc1cc(N)c(Cl)cc1C(=O)NC1CCN(CCCC(=O)N2CCCC2)CC1OC(=O)N(C)C. The maximum absolute atomic E-state index is 13.1. The molecule has 0 saturated carbocycles. The smallest absolute Gasteiger partial charge is 0.409 e. The van der Waals surface area contributed by atoms with Gasteiger partial charge in [0.15, 0.2) is 0 Å². The number of amides is 3. The Balaban J connectivity index is 1.62.